The van der Waals surface area contributed by atoms with Crippen LogP contribution in [0.5, 0.6) is 0 Å². The number of aryl methyl sites for hydroxylation is 1. The van der Waals surface area contributed by atoms with Crippen LogP contribution in [0.2, 0.25) is 0 Å². The number of methoxy groups -OCH3 is 1. The molecule has 2 unspecified atom stereocenters. The first kappa shape index (κ1) is 19.4. The molecule has 152 valence electrons. The predicted molar refractivity (Wildman–Crippen MR) is 112 cm³/mol. The third-order valence-corrected chi connectivity index (χ3v) is 5.47. The van der Waals surface area contributed by atoms with Gasteiger partial charge in [-0.25, -0.2) is 10.4 Å². The number of fused-ring (bicyclic) bond motifs is 3. The van der Waals surface area contributed by atoms with Crippen molar-refractivity contribution in [1.82, 2.24) is 10.7 Å². The van der Waals surface area contributed by atoms with Gasteiger partial charge < -0.3 is 15.4 Å². The van der Waals surface area contributed by atoms with Crippen LogP contribution in [0.15, 0.2) is 42.5 Å². The standard InChI is InChI=1S/C22H26N4O3/c1-14-4-7-16(8-5-14)26-22(28)18-13-24-19-9-6-15(12-17(19)20(18)25-26)21(27)23-10-3-11-29-2/h4-9,12,18,20,24-25H,3,10-11,13H2,1-2H3,(H,23,27). The van der Waals surface area contributed by atoms with Crippen molar-refractivity contribution in [2.75, 3.05) is 37.1 Å². The van der Waals surface area contributed by atoms with Crippen LogP contribution in [-0.4, -0.2) is 38.6 Å². The zero-order chi connectivity index (χ0) is 20.4. The fourth-order valence-corrected chi connectivity index (χ4v) is 3.85. The smallest absolute Gasteiger partial charge is 0.251 e. The molecule has 2 aliphatic rings. The Kier molecular flexibility index (Phi) is 5.51. The second-order valence-corrected chi connectivity index (χ2v) is 7.51. The number of anilines is 2. The monoisotopic (exact) mass is 394 g/mol. The van der Waals surface area contributed by atoms with E-state index < -0.39 is 0 Å². The second kappa shape index (κ2) is 8.23. The highest BCUT2D eigenvalue weighted by molar-refractivity contribution is 5.99. The van der Waals surface area contributed by atoms with E-state index >= 15 is 0 Å². The van der Waals surface area contributed by atoms with Crippen LogP contribution in [-0.2, 0) is 9.53 Å². The minimum Gasteiger partial charge on any atom is -0.385 e. The molecule has 2 heterocycles. The molecule has 0 bridgehead atoms. The van der Waals surface area contributed by atoms with Crippen molar-refractivity contribution in [3.63, 3.8) is 0 Å². The molecule has 0 radical (unpaired) electrons. The summed E-state index contributed by atoms with van der Waals surface area (Å²) >= 11 is 0. The van der Waals surface area contributed by atoms with E-state index in [1.54, 1.807) is 12.1 Å². The average Bonchev–Trinajstić information content (AvgIpc) is 3.08. The third-order valence-electron chi connectivity index (χ3n) is 5.47. The lowest BCUT2D eigenvalue weighted by atomic mass is 9.88. The highest BCUT2D eigenvalue weighted by atomic mass is 16.5. The lowest BCUT2D eigenvalue weighted by molar-refractivity contribution is -0.120. The Balaban J connectivity index is 1.54. The fraction of sp³-hybridized carbons (Fsp3) is 0.364. The molecule has 2 atom stereocenters. The first-order valence-electron chi connectivity index (χ1n) is 9.90. The van der Waals surface area contributed by atoms with Crippen LogP contribution in [0.4, 0.5) is 11.4 Å². The summed E-state index contributed by atoms with van der Waals surface area (Å²) in [5.41, 5.74) is 7.80. The predicted octanol–water partition coefficient (Wildman–Crippen LogP) is 2.40. The molecule has 0 spiro atoms. The summed E-state index contributed by atoms with van der Waals surface area (Å²) in [4.78, 5) is 25.5. The van der Waals surface area contributed by atoms with Gasteiger partial charge in [-0.15, -0.1) is 0 Å². The lowest BCUT2D eigenvalue weighted by Gasteiger charge is -2.27. The van der Waals surface area contributed by atoms with E-state index in [2.05, 4.69) is 16.1 Å². The third kappa shape index (κ3) is 3.83. The van der Waals surface area contributed by atoms with Crippen molar-refractivity contribution < 1.29 is 14.3 Å². The van der Waals surface area contributed by atoms with E-state index in [1.807, 2.05) is 49.4 Å². The molecule has 0 saturated carbocycles. The van der Waals surface area contributed by atoms with Crippen molar-refractivity contribution >= 4 is 23.2 Å². The fourth-order valence-electron chi connectivity index (χ4n) is 3.85. The minimum absolute atomic E-state index is 0.0337. The number of amides is 2. The number of rotatable bonds is 6. The molecule has 7 nitrogen and oxygen atoms in total. The maximum absolute atomic E-state index is 13.0. The molecule has 2 amide bonds. The number of carbonyl (C=O) groups is 2. The molecule has 29 heavy (non-hydrogen) atoms. The Labute approximate surface area is 170 Å². The Morgan fingerprint density at radius 1 is 1.24 bits per heavy atom. The van der Waals surface area contributed by atoms with E-state index in [9.17, 15) is 9.59 Å². The number of nitrogens with one attached hydrogen (secondary N) is 3. The van der Waals surface area contributed by atoms with Crippen LogP contribution < -0.4 is 21.1 Å². The van der Waals surface area contributed by atoms with E-state index in [4.69, 9.17) is 4.74 Å². The van der Waals surface area contributed by atoms with Gasteiger partial charge in [0.05, 0.1) is 17.6 Å². The molecule has 3 N–H and O–H groups in total. The number of hydrazine groups is 1. The Bertz CT molecular complexity index is 913. The quantitative estimate of drug-likeness (QED) is 0.656. The van der Waals surface area contributed by atoms with Gasteiger partial charge in [-0.3, -0.25) is 9.59 Å². The van der Waals surface area contributed by atoms with Gasteiger partial charge in [0.1, 0.15) is 0 Å². The van der Waals surface area contributed by atoms with Gasteiger partial charge in [0, 0.05) is 38.1 Å². The van der Waals surface area contributed by atoms with Crippen molar-refractivity contribution in [3.05, 3.63) is 59.2 Å². The van der Waals surface area contributed by atoms with Gasteiger partial charge in [0.25, 0.3) is 5.91 Å². The van der Waals surface area contributed by atoms with Crippen molar-refractivity contribution in [2.24, 2.45) is 5.92 Å². The van der Waals surface area contributed by atoms with E-state index in [0.29, 0.717) is 25.3 Å². The molecule has 1 saturated heterocycles. The summed E-state index contributed by atoms with van der Waals surface area (Å²) in [6.07, 6.45) is 0.765. The number of carbonyl (C=O) groups excluding carboxylic acids is 2. The number of benzene rings is 2. The Morgan fingerprint density at radius 2 is 2.03 bits per heavy atom. The molecule has 7 heteroatoms. The maximum Gasteiger partial charge on any atom is 0.251 e. The maximum atomic E-state index is 13.0. The summed E-state index contributed by atoms with van der Waals surface area (Å²) < 4.78 is 5.01. The summed E-state index contributed by atoms with van der Waals surface area (Å²) in [5.74, 6) is -0.305. The highest BCUT2D eigenvalue weighted by Crippen LogP contribution is 2.39. The van der Waals surface area contributed by atoms with Crippen molar-refractivity contribution in [1.29, 1.82) is 0 Å². The highest BCUT2D eigenvalue weighted by Gasteiger charge is 2.44. The van der Waals surface area contributed by atoms with Crippen molar-refractivity contribution in [3.8, 4) is 0 Å². The van der Waals surface area contributed by atoms with E-state index in [1.165, 1.54) is 0 Å². The number of hydrogen-bond donors (Lipinski definition) is 3. The molecule has 4 rings (SSSR count). The molecule has 2 aromatic rings. The molecule has 1 fully saturated rings. The largest absolute Gasteiger partial charge is 0.385 e. The molecular weight excluding hydrogens is 368 g/mol. The first-order chi connectivity index (χ1) is 14.1. The summed E-state index contributed by atoms with van der Waals surface area (Å²) in [6.45, 7) is 3.75. The van der Waals surface area contributed by atoms with Gasteiger partial charge in [0.2, 0.25) is 5.91 Å². The summed E-state index contributed by atoms with van der Waals surface area (Å²) in [5, 5.41) is 7.88. The zero-order valence-corrected chi connectivity index (χ0v) is 16.7. The lowest BCUT2D eigenvalue weighted by Crippen LogP contribution is -2.35. The second-order valence-electron chi connectivity index (χ2n) is 7.51. The SMILES string of the molecule is COCCCNC(=O)c1ccc2c(c1)C1NN(c3ccc(C)cc3)C(=O)C1CN2. The normalized spacial score (nSPS) is 20.1. The summed E-state index contributed by atoms with van der Waals surface area (Å²) in [7, 11) is 1.64. The van der Waals surface area contributed by atoms with Gasteiger partial charge in [-0.1, -0.05) is 17.7 Å². The van der Waals surface area contributed by atoms with Crippen LogP contribution in [0.25, 0.3) is 0 Å². The Hall–Kier alpha value is -2.90. The van der Waals surface area contributed by atoms with Crippen LogP contribution >= 0.6 is 0 Å². The van der Waals surface area contributed by atoms with Crippen LogP contribution in [0.3, 0.4) is 0 Å². The average molecular weight is 394 g/mol. The first-order valence-corrected chi connectivity index (χ1v) is 9.90. The number of nitrogens with zero attached hydrogens (tertiary/aromatic N) is 1. The van der Waals surface area contributed by atoms with Gasteiger partial charge in [0.15, 0.2) is 0 Å². The van der Waals surface area contributed by atoms with Crippen LogP contribution in [0.1, 0.15) is 33.9 Å². The number of ether oxygens (including phenoxy) is 1. The molecule has 2 aromatic carbocycles. The van der Waals surface area contributed by atoms with Gasteiger partial charge >= 0.3 is 0 Å². The van der Waals surface area contributed by atoms with Gasteiger partial charge in [-0.05, 0) is 49.2 Å². The molecule has 0 aliphatic carbocycles. The van der Waals surface area contributed by atoms with Gasteiger partial charge in [-0.2, -0.15) is 0 Å². The number of hydrogen-bond acceptors (Lipinski definition) is 5. The topological polar surface area (TPSA) is 82.7 Å². The molecule has 0 aromatic heterocycles. The molecule has 2 aliphatic heterocycles. The molecular formula is C22H26N4O3. The van der Waals surface area contributed by atoms with Crippen molar-refractivity contribution in [2.45, 2.75) is 19.4 Å². The van der Waals surface area contributed by atoms with E-state index in [0.717, 1.165) is 28.9 Å². The van der Waals surface area contributed by atoms with E-state index in [-0.39, 0.29) is 23.8 Å². The Morgan fingerprint density at radius 3 is 2.79 bits per heavy atom. The van der Waals surface area contributed by atoms with Crippen LogP contribution in [0, 0.1) is 12.8 Å². The zero-order valence-electron chi connectivity index (χ0n) is 16.7. The minimum atomic E-state index is -0.219. The summed E-state index contributed by atoms with van der Waals surface area (Å²) in [6, 6.07) is 13.3.